The van der Waals surface area contributed by atoms with Crippen molar-refractivity contribution in [2.45, 2.75) is 120 Å². The summed E-state index contributed by atoms with van der Waals surface area (Å²) in [5.41, 5.74) is 9.71. The fourth-order valence-corrected chi connectivity index (χ4v) is 7.26. The van der Waals surface area contributed by atoms with E-state index in [2.05, 4.69) is 117 Å². The molecule has 0 unspecified atom stereocenters. The fraction of sp³-hybridized carbons (Fsp3) is 0.675. The van der Waals surface area contributed by atoms with Crippen LogP contribution in [0.1, 0.15) is 120 Å². The number of hydrogen-bond donors (Lipinski definition) is 0. The fourth-order valence-electron chi connectivity index (χ4n) is 7.26. The second kappa shape index (κ2) is 14.2. The van der Waals surface area contributed by atoms with E-state index in [4.69, 9.17) is 4.99 Å². The topological polar surface area (TPSA) is 18.8 Å². The third-order valence-electron chi connectivity index (χ3n) is 10.5. The minimum Gasteiger partial charge on any atom is -0.373 e. The van der Waals surface area contributed by atoms with Crippen molar-refractivity contribution in [3.63, 3.8) is 0 Å². The van der Waals surface area contributed by atoms with Gasteiger partial charge in [0.1, 0.15) is 0 Å². The smallest absolute Gasteiger partial charge is 0.0667 e. The van der Waals surface area contributed by atoms with Gasteiger partial charge in [-0.2, -0.15) is 0 Å². The Bertz CT molecular complexity index is 1150. The summed E-state index contributed by atoms with van der Waals surface area (Å²) in [7, 11) is 2.20. The van der Waals surface area contributed by atoms with Crippen molar-refractivity contribution in [2.75, 3.05) is 26.7 Å². The van der Waals surface area contributed by atoms with Crippen LogP contribution in [0.25, 0.3) is 0 Å². The average molecular weight is 588 g/mol. The minimum absolute atomic E-state index is 0.0650. The van der Waals surface area contributed by atoms with Gasteiger partial charge in [-0.1, -0.05) is 86.3 Å². The second-order valence-electron chi connectivity index (χ2n) is 16.3. The third-order valence-corrected chi connectivity index (χ3v) is 10.5. The summed E-state index contributed by atoms with van der Waals surface area (Å²) in [5, 5.41) is 0. The molecule has 3 rings (SSSR count). The predicted octanol–water partition coefficient (Wildman–Crippen LogP) is 10.9. The Balaban J connectivity index is 1.73. The molecule has 0 radical (unpaired) electrons. The molecule has 43 heavy (non-hydrogen) atoms. The first-order chi connectivity index (χ1) is 20.0. The lowest BCUT2D eigenvalue weighted by molar-refractivity contribution is 0.159. The van der Waals surface area contributed by atoms with E-state index in [0.717, 1.165) is 43.9 Å². The number of likely N-dealkylation sites (N-methyl/N-ethyl adjacent to an activating group) is 1. The van der Waals surface area contributed by atoms with Crippen molar-refractivity contribution >= 4 is 6.21 Å². The lowest BCUT2D eigenvalue weighted by atomic mass is 9.62. The molecule has 0 bridgehead atoms. The number of hydrogen-bond acceptors (Lipinski definition) is 3. The second-order valence-corrected chi connectivity index (χ2v) is 16.3. The predicted molar refractivity (Wildman–Crippen MR) is 190 cm³/mol. The van der Waals surface area contributed by atoms with Crippen molar-refractivity contribution in [2.24, 2.45) is 33.1 Å². The number of nitrogens with zero attached hydrogens (tertiary/aromatic N) is 3. The molecule has 3 aliphatic carbocycles. The molecule has 0 aromatic heterocycles. The summed E-state index contributed by atoms with van der Waals surface area (Å²) < 4.78 is 0. The maximum Gasteiger partial charge on any atom is 0.0667 e. The van der Waals surface area contributed by atoms with Crippen LogP contribution in [-0.2, 0) is 0 Å². The van der Waals surface area contributed by atoms with E-state index < -0.39 is 0 Å². The van der Waals surface area contributed by atoms with Crippen molar-refractivity contribution in [1.82, 2.24) is 9.80 Å². The van der Waals surface area contributed by atoms with Crippen LogP contribution in [0, 0.1) is 28.1 Å². The van der Waals surface area contributed by atoms with Gasteiger partial charge < -0.3 is 9.80 Å². The van der Waals surface area contributed by atoms with Gasteiger partial charge >= 0.3 is 0 Å². The van der Waals surface area contributed by atoms with Crippen molar-refractivity contribution in [3.05, 3.63) is 71.3 Å². The quantitative estimate of drug-likeness (QED) is 0.149. The van der Waals surface area contributed by atoms with E-state index >= 15 is 0 Å². The van der Waals surface area contributed by atoms with Crippen LogP contribution in [-0.4, -0.2) is 42.7 Å². The molecule has 0 aliphatic heterocycles. The molecule has 2 saturated carbocycles. The van der Waals surface area contributed by atoms with Crippen LogP contribution in [0.3, 0.4) is 0 Å². The molecule has 2 fully saturated rings. The maximum atomic E-state index is 5.19. The average Bonchev–Trinajstić information content (AvgIpc) is 3.29. The Morgan fingerprint density at radius 3 is 2.19 bits per heavy atom. The molecule has 240 valence electrons. The highest BCUT2D eigenvalue weighted by Gasteiger charge is 2.39. The van der Waals surface area contributed by atoms with Gasteiger partial charge in [-0.15, -0.1) is 0 Å². The first-order valence-corrected chi connectivity index (χ1v) is 17.1. The Hall–Kier alpha value is -2.29. The minimum atomic E-state index is 0.0650. The molecule has 0 saturated heterocycles. The Kier molecular flexibility index (Phi) is 11.6. The molecule has 0 amide bonds. The van der Waals surface area contributed by atoms with E-state index in [0.29, 0.717) is 17.3 Å². The first-order valence-electron chi connectivity index (χ1n) is 17.1. The van der Waals surface area contributed by atoms with E-state index in [1.165, 1.54) is 72.9 Å². The van der Waals surface area contributed by atoms with E-state index in [9.17, 15) is 0 Å². The van der Waals surface area contributed by atoms with Crippen LogP contribution in [0.15, 0.2) is 76.3 Å². The van der Waals surface area contributed by atoms with Crippen LogP contribution >= 0.6 is 0 Å². The molecular weight excluding hydrogens is 522 g/mol. The number of allylic oxidation sites excluding steroid dienone is 7. The molecule has 0 atom stereocenters. The van der Waals surface area contributed by atoms with Crippen molar-refractivity contribution < 1.29 is 0 Å². The SMILES string of the molecule is C=C(C1=CC(N=CC2CCC(C)(C)CC2)=C(/C(=C\C)C(C)(C)C)C1)N(C)CCN(CC(C)C)C(=C)CC1(C(=C)C)CCC1. The molecular formula is C40H65N3. The normalized spacial score (nSPS) is 20.8. The van der Waals surface area contributed by atoms with Gasteiger partial charge in [-0.3, -0.25) is 4.99 Å². The van der Waals surface area contributed by atoms with E-state index in [1.807, 2.05) is 0 Å². The van der Waals surface area contributed by atoms with Crippen LogP contribution in [0.2, 0.25) is 0 Å². The molecule has 0 aromatic rings. The van der Waals surface area contributed by atoms with Gasteiger partial charge in [0.15, 0.2) is 0 Å². The molecule has 3 heteroatoms. The van der Waals surface area contributed by atoms with Gasteiger partial charge in [-0.25, -0.2) is 0 Å². The van der Waals surface area contributed by atoms with E-state index in [-0.39, 0.29) is 10.8 Å². The molecule has 0 spiro atoms. The summed E-state index contributed by atoms with van der Waals surface area (Å²) in [6, 6.07) is 0. The van der Waals surface area contributed by atoms with Gasteiger partial charge in [0.2, 0.25) is 0 Å². The largest absolute Gasteiger partial charge is 0.373 e. The van der Waals surface area contributed by atoms with Crippen LogP contribution in [0.5, 0.6) is 0 Å². The monoisotopic (exact) mass is 588 g/mol. The summed E-state index contributed by atoms with van der Waals surface area (Å²) in [4.78, 5) is 10.1. The standard InChI is InChI=1S/C40H65N3/c1-14-36(38(8,9)10)35-24-34(25-37(35)41-27-33-16-20-39(11,12)21-17-33)32(7)42(13)22-23-43(28-29(2)3)31(6)26-40(30(4)5)18-15-19-40/h14,25,27,29,33H,4,6-7,15-24,26,28H2,1-3,5,8-13H3/b36-14+,41-27?. The van der Waals surface area contributed by atoms with Crippen LogP contribution < -0.4 is 0 Å². The van der Waals surface area contributed by atoms with Crippen molar-refractivity contribution in [1.29, 1.82) is 0 Å². The van der Waals surface area contributed by atoms with Gasteiger partial charge in [0.05, 0.1) is 5.70 Å². The van der Waals surface area contributed by atoms with Gasteiger partial charge in [0.25, 0.3) is 0 Å². The van der Waals surface area contributed by atoms with Gasteiger partial charge in [-0.05, 0) is 110 Å². The van der Waals surface area contributed by atoms with E-state index in [1.54, 1.807) is 0 Å². The zero-order valence-electron chi connectivity index (χ0n) is 29.8. The number of aliphatic imine (C=N–C) groups is 1. The lowest BCUT2D eigenvalue weighted by Gasteiger charge is -2.45. The lowest BCUT2D eigenvalue weighted by Crippen LogP contribution is -2.38. The molecule has 0 heterocycles. The third kappa shape index (κ3) is 9.11. The first kappa shape index (κ1) is 35.2. The molecule has 0 aromatic carbocycles. The highest BCUT2D eigenvalue weighted by atomic mass is 15.2. The molecule has 3 aliphatic rings. The summed E-state index contributed by atoms with van der Waals surface area (Å²) in [6.07, 6.45) is 17.7. The summed E-state index contributed by atoms with van der Waals surface area (Å²) in [6.45, 7) is 37.2. The Morgan fingerprint density at radius 2 is 1.70 bits per heavy atom. The molecule has 3 nitrogen and oxygen atoms in total. The van der Waals surface area contributed by atoms with Crippen molar-refractivity contribution in [3.8, 4) is 0 Å². The highest BCUT2D eigenvalue weighted by Crippen LogP contribution is 2.51. The highest BCUT2D eigenvalue weighted by molar-refractivity contribution is 5.66. The Labute approximate surface area is 266 Å². The van der Waals surface area contributed by atoms with Crippen LogP contribution in [0.4, 0.5) is 0 Å². The summed E-state index contributed by atoms with van der Waals surface area (Å²) in [5.74, 6) is 1.17. The summed E-state index contributed by atoms with van der Waals surface area (Å²) >= 11 is 0. The zero-order chi connectivity index (χ0) is 32.2. The number of rotatable bonds is 14. The van der Waals surface area contributed by atoms with Gasteiger partial charge in [0, 0.05) is 50.7 Å². The zero-order valence-corrected chi connectivity index (χ0v) is 29.8. The maximum absolute atomic E-state index is 5.19. The Morgan fingerprint density at radius 1 is 1.07 bits per heavy atom. The molecule has 0 N–H and O–H groups in total.